The monoisotopic (exact) mass is 506 g/mol. The third-order valence-corrected chi connectivity index (χ3v) is 5.72. The number of fused-ring (bicyclic) bond motifs is 1. The normalized spacial score (nSPS) is 10.8. The lowest BCUT2D eigenvalue weighted by atomic mass is 10.1. The number of nitro groups is 1. The maximum atomic E-state index is 12.6. The number of nitro benzene ring substituents is 1. The lowest BCUT2D eigenvalue weighted by Crippen LogP contribution is -2.34. The first-order valence-corrected chi connectivity index (χ1v) is 11.3. The molecule has 4 rings (SSSR count). The van der Waals surface area contributed by atoms with E-state index in [0.717, 1.165) is 18.1 Å². The summed E-state index contributed by atoms with van der Waals surface area (Å²) in [5.74, 6) is -0.361. The van der Waals surface area contributed by atoms with Crippen LogP contribution in [0.4, 0.5) is 11.4 Å². The Balaban J connectivity index is 1.56. The van der Waals surface area contributed by atoms with Gasteiger partial charge in [0, 0.05) is 17.3 Å². The fraction of sp³-hybridized carbons (Fsp3) is 0.160. The Morgan fingerprint density at radius 3 is 2.69 bits per heavy atom. The zero-order valence-electron chi connectivity index (χ0n) is 19.6. The van der Waals surface area contributed by atoms with E-state index in [4.69, 9.17) is 21.4 Å². The second kappa shape index (κ2) is 10.0. The summed E-state index contributed by atoms with van der Waals surface area (Å²) in [5, 5.41) is 27.2. The van der Waals surface area contributed by atoms with Gasteiger partial charge in [-0.25, -0.2) is 4.98 Å². The Labute approximate surface area is 211 Å². The van der Waals surface area contributed by atoms with Crippen molar-refractivity contribution in [3.8, 4) is 23.0 Å². The number of amides is 1. The van der Waals surface area contributed by atoms with Crippen LogP contribution in [-0.4, -0.2) is 33.1 Å². The minimum absolute atomic E-state index is 0.00307. The number of aromatic hydroxyl groups is 1. The van der Waals surface area contributed by atoms with Crippen molar-refractivity contribution in [1.29, 1.82) is 0 Å². The molecule has 4 aromatic rings. The Kier molecular flexibility index (Phi) is 6.84. The number of hydrogen-bond donors (Lipinski definition) is 3. The fourth-order valence-electron chi connectivity index (χ4n) is 3.63. The highest BCUT2D eigenvalue weighted by atomic mass is 32.1. The fourth-order valence-corrected chi connectivity index (χ4v) is 3.84. The molecule has 0 aliphatic heterocycles. The summed E-state index contributed by atoms with van der Waals surface area (Å²) in [4.78, 5) is 27.7. The van der Waals surface area contributed by atoms with Gasteiger partial charge in [0.15, 0.2) is 16.4 Å². The number of nitrogens with zero attached hydrogens (tertiary/aromatic N) is 2. The highest BCUT2D eigenvalue weighted by Crippen LogP contribution is 2.36. The predicted octanol–water partition coefficient (Wildman–Crippen LogP) is 5.11. The van der Waals surface area contributed by atoms with Crippen molar-refractivity contribution in [2.24, 2.45) is 0 Å². The van der Waals surface area contributed by atoms with Gasteiger partial charge in [-0.2, -0.15) is 0 Å². The minimum Gasteiger partial charge on any atom is -0.507 e. The van der Waals surface area contributed by atoms with Gasteiger partial charge in [0.2, 0.25) is 5.89 Å². The molecule has 3 N–H and O–H groups in total. The molecule has 0 radical (unpaired) electrons. The zero-order valence-corrected chi connectivity index (χ0v) is 20.4. The average molecular weight is 507 g/mol. The van der Waals surface area contributed by atoms with E-state index in [0.29, 0.717) is 27.9 Å². The van der Waals surface area contributed by atoms with Crippen LogP contribution in [0.15, 0.2) is 52.9 Å². The highest BCUT2D eigenvalue weighted by molar-refractivity contribution is 7.80. The van der Waals surface area contributed by atoms with E-state index in [2.05, 4.69) is 15.6 Å². The lowest BCUT2D eigenvalue weighted by Gasteiger charge is -2.13. The van der Waals surface area contributed by atoms with E-state index in [1.807, 2.05) is 25.1 Å². The van der Waals surface area contributed by atoms with Crippen LogP contribution in [0.1, 0.15) is 28.4 Å². The molecule has 0 saturated heterocycles. The molecule has 0 unspecified atom stereocenters. The molecule has 0 atom stereocenters. The summed E-state index contributed by atoms with van der Waals surface area (Å²) in [6.07, 6.45) is 0.856. The van der Waals surface area contributed by atoms with Crippen LogP contribution in [-0.2, 0) is 6.42 Å². The number of ether oxygens (including phenoxy) is 1. The van der Waals surface area contributed by atoms with Gasteiger partial charge >= 0.3 is 5.69 Å². The molecule has 184 valence electrons. The number of nitrogens with one attached hydrogen (secondary N) is 2. The third-order valence-electron chi connectivity index (χ3n) is 5.51. The standard InChI is InChI=1S/C25H22N4O6S/c1-4-14-5-7-20-18(10-14)27-24(35-20)17-12-16(9-13(2)22(17)30)26-25(36)28-23(31)15-6-8-21(34-3)19(11-15)29(32)33/h5-12,30H,4H2,1-3H3,(H2,26,28,31,36). The quantitative estimate of drug-likeness (QED) is 0.141. The number of benzene rings is 3. The van der Waals surface area contributed by atoms with Gasteiger partial charge in [-0.1, -0.05) is 13.0 Å². The molecule has 0 spiro atoms. The number of aryl methyl sites for hydroxylation is 2. The van der Waals surface area contributed by atoms with Gasteiger partial charge in [0.1, 0.15) is 11.3 Å². The highest BCUT2D eigenvalue weighted by Gasteiger charge is 2.20. The number of anilines is 1. The smallest absolute Gasteiger partial charge is 0.311 e. The SMILES string of the molecule is CCc1ccc2oc(-c3cc(NC(=S)NC(=O)c4ccc(OC)c([N+](=O)[O-])c4)cc(C)c3O)nc2c1. The molecule has 36 heavy (non-hydrogen) atoms. The number of phenolic OH excluding ortho intramolecular Hbond substituents is 1. The molecule has 1 aromatic heterocycles. The van der Waals surface area contributed by atoms with Crippen LogP contribution in [0.2, 0.25) is 0 Å². The number of aromatic nitrogens is 1. The number of rotatable bonds is 6. The van der Waals surface area contributed by atoms with Crippen molar-refractivity contribution in [2.75, 3.05) is 12.4 Å². The molecule has 1 amide bonds. The third kappa shape index (κ3) is 4.96. The van der Waals surface area contributed by atoms with Crippen molar-refractivity contribution < 1.29 is 24.0 Å². The number of carbonyl (C=O) groups excluding carboxylic acids is 1. The number of hydrogen-bond acceptors (Lipinski definition) is 8. The Morgan fingerprint density at radius 2 is 2.00 bits per heavy atom. The summed E-state index contributed by atoms with van der Waals surface area (Å²) in [7, 11) is 1.30. The molecule has 0 aliphatic rings. The number of phenols is 1. The van der Waals surface area contributed by atoms with E-state index in [1.165, 1.54) is 19.2 Å². The van der Waals surface area contributed by atoms with Crippen LogP contribution in [0.3, 0.4) is 0 Å². The van der Waals surface area contributed by atoms with Crippen molar-refractivity contribution in [2.45, 2.75) is 20.3 Å². The Bertz CT molecular complexity index is 1510. The molecule has 0 fully saturated rings. The zero-order chi connectivity index (χ0) is 26.0. The molecule has 0 bridgehead atoms. The van der Waals surface area contributed by atoms with Crippen molar-refractivity contribution in [3.05, 3.63) is 75.3 Å². The van der Waals surface area contributed by atoms with Crippen molar-refractivity contribution in [1.82, 2.24) is 10.3 Å². The summed E-state index contributed by atoms with van der Waals surface area (Å²) >= 11 is 5.26. The van der Waals surface area contributed by atoms with Gasteiger partial charge in [-0.05, 0) is 73.1 Å². The van der Waals surface area contributed by atoms with Gasteiger partial charge in [-0.15, -0.1) is 0 Å². The van der Waals surface area contributed by atoms with E-state index >= 15 is 0 Å². The molecule has 1 heterocycles. The topological polar surface area (TPSA) is 140 Å². The largest absolute Gasteiger partial charge is 0.507 e. The number of carbonyl (C=O) groups is 1. The molecule has 3 aromatic carbocycles. The molecule has 0 aliphatic carbocycles. The van der Waals surface area contributed by atoms with E-state index < -0.39 is 10.8 Å². The van der Waals surface area contributed by atoms with Crippen molar-refractivity contribution in [3.63, 3.8) is 0 Å². The second-order valence-corrected chi connectivity index (χ2v) is 8.32. The maximum absolute atomic E-state index is 12.6. The van der Waals surface area contributed by atoms with E-state index in [9.17, 15) is 20.0 Å². The van der Waals surface area contributed by atoms with E-state index in [1.54, 1.807) is 19.1 Å². The summed E-state index contributed by atoms with van der Waals surface area (Å²) in [5.41, 5.74) is 3.44. The van der Waals surface area contributed by atoms with Crippen LogP contribution in [0.25, 0.3) is 22.6 Å². The van der Waals surface area contributed by atoms with Gasteiger partial charge < -0.3 is 19.6 Å². The number of oxazole rings is 1. The molecule has 0 saturated carbocycles. The van der Waals surface area contributed by atoms with Gasteiger partial charge in [0.05, 0.1) is 17.6 Å². The first-order valence-electron chi connectivity index (χ1n) is 10.9. The van der Waals surface area contributed by atoms with Crippen LogP contribution < -0.4 is 15.4 Å². The van der Waals surface area contributed by atoms with Crippen molar-refractivity contribution >= 4 is 45.7 Å². The first kappa shape index (κ1) is 24.6. The summed E-state index contributed by atoms with van der Waals surface area (Å²) in [6, 6.07) is 12.8. The van der Waals surface area contributed by atoms with E-state index in [-0.39, 0.29) is 33.8 Å². The van der Waals surface area contributed by atoms with Gasteiger partial charge in [-0.3, -0.25) is 20.2 Å². The Morgan fingerprint density at radius 1 is 1.22 bits per heavy atom. The van der Waals surface area contributed by atoms with Gasteiger partial charge in [0.25, 0.3) is 5.91 Å². The Hall–Kier alpha value is -4.51. The first-order chi connectivity index (χ1) is 17.2. The van der Waals surface area contributed by atoms with Crippen LogP contribution in [0.5, 0.6) is 11.5 Å². The molecule has 11 heteroatoms. The maximum Gasteiger partial charge on any atom is 0.311 e. The lowest BCUT2D eigenvalue weighted by molar-refractivity contribution is -0.385. The van der Waals surface area contributed by atoms with Crippen LogP contribution in [0, 0.1) is 17.0 Å². The molecule has 10 nitrogen and oxygen atoms in total. The summed E-state index contributed by atoms with van der Waals surface area (Å²) in [6.45, 7) is 3.75. The predicted molar refractivity (Wildman–Crippen MR) is 139 cm³/mol. The number of methoxy groups -OCH3 is 1. The molecular weight excluding hydrogens is 484 g/mol. The second-order valence-electron chi connectivity index (χ2n) is 7.92. The summed E-state index contributed by atoms with van der Waals surface area (Å²) < 4.78 is 10.8. The molecular formula is C25H22N4O6S. The van der Waals surface area contributed by atoms with Crippen LogP contribution >= 0.6 is 12.2 Å². The minimum atomic E-state index is -0.639. The number of thiocarbonyl (C=S) groups is 1. The average Bonchev–Trinajstić information content (AvgIpc) is 3.28.